The molecule has 9 heteroatoms. The molecule has 31 heavy (non-hydrogen) atoms. The number of nitrogens with zero attached hydrogens (tertiary/aromatic N) is 2. The molecule has 2 saturated heterocycles. The molecule has 1 aromatic carbocycles. The molecule has 5 rings (SSSR count). The number of aromatic nitrogens is 1. The third kappa shape index (κ3) is 4.23. The smallest absolute Gasteiger partial charge is 0.264 e. The number of thiophene rings is 1. The standard InChI is InChI=1S/C22H21ClN4O3S/c23-13-3-4-16-15(10-13)18(7-9-25-16)30-14-11-27(12-14)22(29)19-5-6-20(31-19)26-21(28)17-2-1-8-24-17/h3-7,9-10,14,17,24H,1-2,8,11-12H2,(H,26,28)/t17-/m0/s1. The third-order valence-corrected chi connectivity index (χ3v) is 6.76. The van der Waals surface area contributed by atoms with Crippen LogP contribution in [0.4, 0.5) is 5.00 Å². The van der Waals surface area contributed by atoms with E-state index in [-0.39, 0.29) is 24.0 Å². The summed E-state index contributed by atoms with van der Waals surface area (Å²) in [6.45, 7) is 1.89. The molecule has 2 amide bonds. The van der Waals surface area contributed by atoms with Gasteiger partial charge in [0.25, 0.3) is 5.91 Å². The van der Waals surface area contributed by atoms with E-state index in [4.69, 9.17) is 16.3 Å². The van der Waals surface area contributed by atoms with Gasteiger partial charge in [-0.15, -0.1) is 11.3 Å². The lowest BCUT2D eigenvalue weighted by molar-refractivity contribution is -0.117. The second-order valence-corrected chi connectivity index (χ2v) is 9.24. The van der Waals surface area contributed by atoms with Gasteiger partial charge in [-0.25, -0.2) is 0 Å². The normalized spacial score (nSPS) is 18.7. The Morgan fingerprint density at radius 1 is 1.23 bits per heavy atom. The molecule has 0 bridgehead atoms. The van der Waals surface area contributed by atoms with E-state index in [0.29, 0.717) is 33.7 Å². The summed E-state index contributed by atoms with van der Waals surface area (Å²) in [5.41, 5.74) is 0.815. The average Bonchev–Trinajstić information content (AvgIpc) is 3.42. The first-order valence-corrected chi connectivity index (χ1v) is 11.4. The molecule has 3 aromatic rings. The molecule has 2 aliphatic rings. The summed E-state index contributed by atoms with van der Waals surface area (Å²) < 4.78 is 6.10. The van der Waals surface area contributed by atoms with E-state index in [1.807, 2.05) is 18.2 Å². The van der Waals surface area contributed by atoms with E-state index < -0.39 is 0 Å². The number of halogens is 1. The van der Waals surface area contributed by atoms with Crippen molar-refractivity contribution >= 4 is 50.7 Å². The van der Waals surface area contributed by atoms with Gasteiger partial charge >= 0.3 is 0 Å². The van der Waals surface area contributed by atoms with Crippen molar-refractivity contribution < 1.29 is 14.3 Å². The Hall–Kier alpha value is -2.68. The number of amides is 2. The van der Waals surface area contributed by atoms with Gasteiger partial charge in [0.05, 0.1) is 34.5 Å². The number of ether oxygens (including phenoxy) is 1. The fourth-order valence-corrected chi connectivity index (χ4v) is 4.90. The number of carbonyl (C=O) groups excluding carboxylic acids is 2. The summed E-state index contributed by atoms with van der Waals surface area (Å²) in [4.78, 5) is 31.7. The Labute approximate surface area is 188 Å². The van der Waals surface area contributed by atoms with Crippen molar-refractivity contribution in [1.82, 2.24) is 15.2 Å². The summed E-state index contributed by atoms with van der Waals surface area (Å²) in [7, 11) is 0. The Bertz CT molecular complexity index is 1140. The Kier molecular flexibility index (Phi) is 5.52. The van der Waals surface area contributed by atoms with Crippen LogP contribution < -0.4 is 15.4 Å². The molecule has 2 aromatic heterocycles. The van der Waals surface area contributed by atoms with Gasteiger partial charge in [-0.1, -0.05) is 11.6 Å². The van der Waals surface area contributed by atoms with Crippen LogP contribution in [0.1, 0.15) is 22.5 Å². The molecular formula is C22H21ClN4O3S. The van der Waals surface area contributed by atoms with Crippen LogP contribution in [0.15, 0.2) is 42.6 Å². The number of nitrogens with one attached hydrogen (secondary N) is 2. The van der Waals surface area contributed by atoms with Crippen molar-refractivity contribution in [2.45, 2.75) is 25.0 Å². The number of rotatable bonds is 5. The molecule has 0 unspecified atom stereocenters. The monoisotopic (exact) mass is 456 g/mol. The van der Waals surface area contributed by atoms with Crippen LogP contribution in [0.5, 0.6) is 5.75 Å². The summed E-state index contributed by atoms with van der Waals surface area (Å²) in [6, 6.07) is 10.7. The van der Waals surface area contributed by atoms with Gasteiger partial charge in [0.15, 0.2) is 0 Å². The number of carbonyl (C=O) groups is 2. The first-order valence-electron chi connectivity index (χ1n) is 10.2. The van der Waals surface area contributed by atoms with E-state index >= 15 is 0 Å². The first kappa shape index (κ1) is 20.2. The van der Waals surface area contributed by atoms with E-state index in [9.17, 15) is 9.59 Å². The summed E-state index contributed by atoms with van der Waals surface area (Å²) in [5.74, 6) is 0.624. The molecule has 0 saturated carbocycles. The van der Waals surface area contributed by atoms with Gasteiger partial charge in [0, 0.05) is 16.6 Å². The van der Waals surface area contributed by atoms with Crippen LogP contribution in [-0.4, -0.2) is 53.5 Å². The van der Waals surface area contributed by atoms with Gasteiger partial charge in [0.2, 0.25) is 5.91 Å². The van der Waals surface area contributed by atoms with Crippen molar-refractivity contribution in [3.63, 3.8) is 0 Å². The van der Waals surface area contributed by atoms with E-state index in [2.05, 4.69) is 15.6 Å². The molecule has 1 atom stereocenters. The number of pyridine rings is 1. The highest BCUT2D eigenvalue weighted by molar-refractivity contribution is 7.18. The summed E-state index contributed by atoms with van der Waals surface area (Å²) >= 11 is 7.41. The maximum Gasteiger partial charge on any atom is 0.264 e. The highest BCUT2D eigenvalue weighted by Gasteiger charge is 2.34. The highest BCUT2D eigenvalue weighted by Crippen LogP contribution is 2.30. The molecule has 0 aliphatic carbocycles. The lowest BCUT2D eigenvalue weighted by atomic mass is 10.1. The second kappa shape index (κ2) is 8.45. The third-order valence-electron chi connectivity index (χ3n) is 5.53. The van der Waals surface area contributed by atoms with E-state index in [1.165, 1.54) is 11.3 Å². The van der Waals surface area contributed by atoms with Gasteiger partial charge < -0.3 is 20.3 Å². The fourth-order valence-electron chi connectivity index (χ4n) is 3.85. The van der Waals surface area contributed by atoms with E-state index in [1.54, 1.807) is 29.3 Å². The second-order valence-electron chi connectivity index (χ2n) is 7.72. The minimum atomic E-state index is -0.145. The maximum atomic E-state index is 12.8. The van der Waals surface area contributed by atoms with Crippen molar-refractivity contribution in [3.05, 3.63) is 52.5 Å². The van der Waals surface area contributed by atoms with Crippen LogP contribution in [-0.2, 0) is 4.79 Å². The van der Waals surface area contributed by atoms with Crippen molar-refractivity contribution in [1.29, 1.82) is 0 Å². The molecule has 7 nitrogen and oxygen atoms in total. The van der Waals surface area contributed by atoms with Gasteiger partial charge in [0.1, 0.15) is 11.9 Å². The van der Waals surface area contributed by atoms with Crippen molar-refractivity contribution in [3.8, 4) is 5.75 Å². The average molecular weight is 457 g/mol. The summed E-state index contributed by atoms with van der Waals surface area (Å²) in [6.07, 6.45) is 3.47. The fraction of sp³-hybridized carbons (Fsp3) is 0.318. The minimum Gasteiger partial charge on any atom is -0.486 e. The van der Waals surface area contributed by atoms with Gasteiger partial charge in [-0.3, -0.25) is 14.6 Å². The Morgan fingerprint density at radius 3 is 2.90 bits per heavy atom. The largest absolute Gasteiger partial charge is 0.486 e. The van der Waals surface area contributed by atoms with E-state index in [0.717, 1.165) is 30.3 Å². The van der Waals surface area contributed by atoms with Gasteiger partial charge in [-0.2, -0.15) is 0 Å². The quantitative estimate of drug-likeness (QED) is 0.613. The number of fused-ring (bicyclic) bond motifs is 1. The molecule has 0 spiro atoms. The predicted molar refractivity (Wildman–Crippen MR) is 121 cm³/mol. The molecule has 2 fully saturated rings. The zero-order valence-corrected chi connectivity index (χ0v) is 18.2. The van der Waals surface area contributed by atoms with Crippen molar-refractivity contribution in [2.24, 2.45) is 0 Å². The molecule has 160 valence electrons. The van der Waals surface area contributed by atoms with Crippen LogP contribution in [0.25, 0.3) is 10.9 Å². The predicted octanol–water partition coefficient (Wildman–Crippen LogP) is 3.54. The minimum absolute atomic E-state index is 0.0413. The zero-order valence-electron chi connectivity index (χ0n) is 16.6. The van der Waals surface area contributed by atoms with Crippen molar-refractivity contribution in [2.75, 3.05) is 25.0 Å². The number of anilines is 1. The number of hydrogen-bond donors (Lipinski definition) is 2. The van der Waals surface area contributed by atoms with Crippen LogP contribution in [0.3, 0.4) is 0 Å². The highest BCUT2D eigenvalue weighted by atomic mass is 35.5. The van der Waals surface area contributed by atoms with Crippen LogP contribution in [0, 0.1) is 0 Å². The number of benzene rings is 1. The molecule has 2 N–H and O–H groups in total. The Balaban J connectivity index is 1.18. The lowest BCUT2D eigenvalue weighted by Gasteiger charge is -2.38. The SMILES string of the molecule is O=C(Nc1ccc(C(=O)N2CC(Oc3ccnc4ccc(Cl)cc34)C2)s1)[C@@H]1CCCN1. The molecular weight excluding hydrogens is 436 g/mol. The number of hydrogen-bond acceptors (Lipinski definition) is 6. The first-order chi connectivity index (χ1) is 15.1. The van der Waals surface area contributed by atoms with Crippen LogP contribution in [0.2, 0.25) is 5.02 Å². The summed E-state index contributed by atoms with van der Waals surface area (Å²) in [5, 5.41) is 8.25. The number of likely N-dealkylation sites (tertiary alicyclic amines) is 1. The van der Waals surface area contributed by atoms with Gasteiger partial charge in [-0.05, 0) is 55.8 Å². The molecule has 2 aliphatic heterocycles. The topological polar surface area (TPSA) is 83.6 Å². The maximum absolute atomic E-state index is 12.8. The zero-order chi connectivity index (χ0) is 21.4. The Morgan fingerprint density at radius 2 is 2.10 bits per heavy atom. The lowest BCUT2D eigenvalue weighted by Crippen LogP contribution is -2.56. The molecule has 0 radical (unpaired) electrons. The molecule has 4 heterocycles. The van der Waals surface area contributed by atoms with Crippen LogP contribution >= 0.6 is 22.9 Å².